The van der Waals surface area contributed by atoms with Crippen LogP contribution < -0.4 is 0 Å². The van der Waals surface area contributed by atoms with Crippen LogP contribution in [-0.2, 0) is 4.74 Å². The normalized spacial score (nSPS) is 16.1. The van der Waals surface area contributed by atoms with Crippen LogP contribution >= 0.6 is 0 Å². The average molecular weight is 346 g/mol. The molecule has 2 aromatic rings. The fraction of sp³-hybridized carbons (Fsp3) is 0.500. The molecular formula is C18H23FN4O2. The molecule has 0 bridgehead atoms. The largest absolute Gasteiger partial charge is 0.444 e. The molecule has 1 aromatic carbocycles. The van der Waals surface area contributed by atoms with E-state index in [0.29, 0.717) is 13.1 Å². The number of carbonyl (C=O) groups excluding carboxylic acids is 1. The maximum atomic E-state index is 13.0. The number of hydrogen-bond acceptors (Lipinski definition) is 4. The molecule has 0 radical (unpaired) electrons. The van der Waals surface area contributed by atoms with Crippen molar-refractivity contribution in [3.63, 3.8) is 0 Å². The standard InChI is InChI=1S/C18H23FN4O2/c1-18(2,3)25-17(24)22-10-8-15(9-11-22)23-12-16(20-21-23)13-4-6-14(19)7-5-13/h4-7,12,15H,8-11H2,1-3H3. The number of amides is 1. The number of likely N-dealkylation sites (tertiary alicyclic amines) is 1. The van der Waals surface area contributed by atoms with E-state index in [0.717, 1.165) is 24.1 Å². The van der Waals surface area contributed by atoms with Gasteiger partial charge in [0.15, 0.2) is 0 Å². The van der Waals surface area contributed by atoms with E-state index >= 15 is 0 Å². The second-order valence-corrected chi connectivity index (χ2v) is 7.29. The van der Waals surface area contributed by atoms with Crippen molar-refractivity contribution in [2.75, 3.05) is 13.1 Å². The monoisotopic (exact) mass is 346 g/mol. The summed E-state index contributed by atoms with van der Waals surface area (Å²) in [5.41, 5.74) is 1.07. The lowest BCUT2D eigenvalue weighted by molar-refractivity contribution is 0.0184. The van der Waals surface area contributed by atoms with Gasteiger partial charge >= 0.3 is 6.09 Å². The third-order valence-corrected chi connectivity index (χ3v) is 4.14. The summed E-state index contributed by atoms with van der Waals surface area (Å²) >= 11 is 0. The third-order valence-electron chi connectivity index (χ3n) is 4.14. The minimum Gasteiger partial charge on any atom is -0.444 e. The van der Waals surface area contributed by atoms with Crippen LogP contribution in [0.2, 0.25) is 0 Å². The zero-order chi connectivity index (χ0) is 18.0. The molecule has 6 nitrogen and oxygen atoms in total. The first-order valence-corrected chi connectivity index (χ1v) is 8.47. The van der Waals surface area contributed by atoms with Gasteiger partial charge in [0.1, 0.15) is 17.1 Å². The Kier molecular flexibility index (Phi) is 4.74. The fourth-order valence-electron chi connectivity index (χ4n) is 2.85. The number of hydrogen-bond donors (Lipinski definition) is 0. The molecule has 1 aliphatic heterocycles. The quantitative estimate of drug-likeness (QED) is 0.833. The average Bonchev–Trinajstić information content (AvgIpc) is 3.04. The van der Waals surface area contributed by atoms with E-state index in [2.05, 4.69) is 10.3 Å². The lowest BCUT2D eigenvalue weighted by Gasteiger charge is -2.33. The van der Waals surface area contributed by atoms with Crippen molar-refractivity contribution in [2.45, 2.75) is 45.3 Å². The van der Waals surface area contributed by atoms with Gasteiger partial charge in [0.2, 0.25) is 0 Å². The first-order valence-electron chi connectivity index (χ1n) is 8.47. The lowest BCUT2D eigenvalue weighted by atomic mass is 10.1. The number of ether oxygens (including phenoxy) is 1. The van der Waals surface area contributed by atoms with E-state index in [1.165, 1.54) is 12.1 Å². The van der Waals surface area contributed by atoms with E-state index in [1.54, 1.807) is 17.0 Å². The molecular weight excluding hydrogens is 323 g/mol. The molecule has 1 aliphatic rings. The van der Waals surface area contributed by atoms with E-state index in [-0.39, 0.29) is 18.0 Å². The SMILES string of the molecule is CC(C)(C)OC(=O)N1CCC(n2cc(-c3ccc(F)cc3)nn2)CC1. The molecule has 0 saturated carbocycles. The number of piperidine rings is 1. The Hall–Kier alpha value is -2.44. The molecule has 0 unspecified atom stereocenters. The van der Waals surface area contributed by atoms with Crippen molar-refractivity contribution in [3.8, 4) is 11.3 Å². The molecule has 1 fully saturated rings. The van der Waals surface area contributed by atoms with Gasteiger partial charge in [-0.05, 0) is 57.9 Å². The Bertz CT molecular complexity index is 728. The highest BCUT2D eigenvalue weighted by Gasteiger charge is 2.28. The van der Waals surface area contributed by atoms with Gasteiger partial charge in [-0.2, -0.15) is 0 Å². The Morgan fingerprint density at radius 2 is 1.84 bits per heavy atom. The van der Waals surface area contributed by atoms with Crippen molar-refractivity contribution >= 4 is 6.09 Å². The molecule has 1 saturated heterocycles. The molecule has 2 heterocycles. The lowest BCUT2D eigenvalue weighted by Crippen LogP contribution is -2.42. The van der Waals surface area contributed by atoms with E-state index in [4.69, 9.17) is 4.74 Å². The topological polar surface area (TPSA) is 60.2 Å². The van der Waals surface area contributed by atoms with Crippen LogP contribution in [0, 0.1) is 5.82 Å². The van der Waals surface area contributed by atoms with Crippen molar-refractivity contribution < 1.29 is 13.9 Å². The van der Waals surface area contributed by atoms with Crippen LogP contribution in [0.5, 0.6) is 0 Å². The highest BCUT2D eigenvalue weighted by atomic mass is 19.1. The maximum Gasteiger partial charge on any atom is 0.410 e. The fourth-order valence-corrected chi connectivity index (χ4v) is 2.85. The molecule has 0 aliphatic carbocycles. The van der Waals surface area contributed by atoms with Crippen molar-refractivity contribution in [1.82, 2.24) is 19.9 Å². The highest BCUT2D eigenvalue weighted by Crippen LogP contribution is 2.25. The number of aromatic nitrogens is 3. The third kappa shape index (κ3) is 4.35. The van der Waals surface area contributed by atoms with Gasteiger partial charge in [0.05, 0.1) is 12.2 Å². The van der Waals surface area contributed by atoms with E-state index < -0.39 is 5.60 Å². The summed E-state index contributed by atoms with van der Waals surface area (Å²) in [6, 6.07) is 6.39. The van der Waals surface area contributed by atoms with Crippen molar-refractivity contribution in [1.29, 1.82) is 0 Å². The molecule has 1 aromatic heterocycles. The number of nitrogens with zero attached hydrogens (tertiary/aromatic N) is 4. The predicted molar refractivity (Wildman–Crippen MR) is 91.5 cm³/mol. The zero-order valence-corrected chi connectivity index (χ0v) is 14.8. The molecule has 134 valence electrons. The second kappa shape index (κ2) is 6.82. The summed E-state index contributed by atoms with van der Waals surface area (Å²) in [4.78, 5) is 13.8. The van der Waals surface area contributed by atoms with Crippen LogP contribution in [0.1, 0.15) is 39.7 Å². The summed E-state index contributed by atoms with van der Waals surface area (Å²) in [7, 11) is 0. The van der Waals surface area contributed by atoms with Crippen LogP contribution in [0.25, 0.3) is 11.3 Å². The summed E-state index contributed by atoms with van der Waals surface area (Å²) in [6.45, 7) is 6.86. The highest BCUT2D eigenvalue weighted by molar-refractivity contribution is 5.68. The Morgan fingerprint density at radius 1 is 1.20 bits per heavy atom. The van der Waals surface area contributed by atoms with Gasteiger partial charge in [-0.15, -0.1) is 5.10 Å². The predicted octanol–water partition coefficient (Wildman–Crippen LogP) is 3.66. The zero-order valence-electron chi connectivity index (χ0n) is 14.8. The van der Waals surface area contributed by atoms with Crippen LogP contribution in [0.3, 0.4) is 0 Å². The first-order chi connectivity index (χ1) is 11.8. The van der Waals surface area contributed by atoms with Crippen LogP contribution in [-0.4, -0.2) is 44.7 Å². The van der Waals surface area contributed by atoms with Crippen LogP contribution in [0.15, 0.2) is 30.5 Å². The molecule has 0 spiro atoms. The molecule has 0 N–H and O–H groups in total. The van der Waals surface area contributed by atoms with Crippen molar-refractivity contribution in [3.05, 3.63) is 36.3 Å². The van der Waals surface area contributed by atoms with Gasteiger partial charge in [-0.25, -0.2) is 13.9 Å². The first kappa shape index (κ1) is 17.4. The minimum absolute atomic E-state index is 0.195. The Morgan fingerprint density at radius 3 is 2.44 bits per heavy atom. The summed E-state index contributed by atoms with van der Waals surface area (Å²) in [5, 5.41) is 8.39. The molecule has 7 heteroatoms. The summed E-state index contributed by atoms with van der Waals surface area (Å²) in [6.07, 6.45) is 3.20. The number of halogens is 1. The second-order valence-electron chi connectivity index (χ2n) is 7.29. The molecule has 0 atom stereocenters. The maximum absolute atomic E-state index is 13.0. The number of rotatable bonds is 2. The summed E-state index contributed by atoms with van der Waals surface area (Å²) in [5.74, 6) is -0.273. The number of benzene rings is 1. The Balaban J connectivity index is 1.60. The Labute approximate surface area is 146 Å². The molecule has 1 amide bonds. The van der Waals surface area contributed by atoms with Gasteiger partial charge < -0.3 is 9.64 Å². The smallest absolute Gasteiger partial charge is 0.410 e. The van der Waals surface area contributed by atoms with Gasteiger partial charge in [0, 0.05) is 18.7 Å². The van der Waals surface area contributed by atoms with Crippen LogP contribution in [0.4, 0.5) is 9.18 Å². The van der Waals surface area contributed by atoms with E-state index in [1.807, 2.05) is 31.6 Å². The van der Waals surface area contributed by atoms with Gasteiger partial charge in [-0.3, -0.25) is 0 Å². The molecule has 3 rings (SSSR count). The summed E-state index contributed by atoms with van der Waals surface area (Å²) < 4.78 is 20.3. The van der Waals surface area contributed by atoms with Gasteiger partial charge in [0.25, 0.3) is 0 Å². The number of carbonyl (C=O) groups is 1. The molecule has 25 heavy (non-hydrogen) atoms. The van der Waals surface area contributed by atoms with E-state index in [9.17, 15) is 9.18 Å². The minimum atomic E-state index is -0.482. The van der Waals surface area contributed by atoms with Gasteiger partial charge in [-0.1, -0.05) is 5.21 Å². The van der Waals surface area contributed by atoms with Crippen molar-refractivity contribution in [2.24, 2.45) is 0 Å².